The van der Waals surface area contributed by atoms with Crippen molar-refractivity contribution in [3.05, 3.63) is 17.9 Å². The molecule has 0 fully saturated rings. The van der Waals surface area contributed by atoms with E-state index in [1.165, 1.54) is 0 Å². The molecule has 4 nitrogen and oxygen atoms in total. The molecule has 1 aromatic carbocycles. The first-order valence-corrected chi connectivity index (χ1v) is 6.76. The first-order valence-electron chi connectivity index (χ1n) is 5.78. The second kappa shape index (κ2) is 7.17. The highest BCUT2D eigenvalue weighted by Gasteiger charge is 2.27. The van der Waals surface area contributed by atoms with Crippen LogP contribution in [-0.2, 0) is 0 Å². The number of rotatable bonds is 4. The lowest BCUT2D eigenvalue weighted by Gasteiger charge is -2.10. The van der Waals surface area contributed by atoms with E-state index in [-0.39, 0.29) is 22.1 Å². The monoisotopic (exact) mass is 320 g/mol. The summed E-state index contributed by atoms with van der Waals surface area (Å²) in [5.74, 6) is -2.09. The summed E-state index contributed by atoms with van der Waals surface area (Å²) in [6, 6.07) is 3.70. The molecule has 0 spiro atoms. The van der Waals surface area contributed by atoms with Crippen LogP contribution in [0.25, 0.3) is 0 Å². The van der Waals surface area contributed by atoms with E-state index in [4.69, 9.17) is 11.0 Å². The Morgan fingerprint density at radius 2 is 2.14 bits per heavy atom. The Balaban J connectivity index is 3.09. The molecule has 0 bridgehead atoms. The van der Waals surface area contributed by atoms with Crippen molar-refractivity contribution in [3.63, 3.8) is 0 Å². The van der Waals surface area contributed by atoms with Gasteiger partial charge in [-0.15, -0.1) is 11.8 Å². The van der Waals surface area contributed by atoms with Crippen molar-refractivity contribution in [1.29, 1.82) is 5.26 Å². The number of aliphatic imine (C=N–C) groups is 1. The van der Waals surface area contributed by atoms with Crippen LogP contribution in [0, 0.1) is 17.1 Å². The number of alkyl halides is 3. The normalized spacial score (nSPS) is 12.1. The summed E-state index contributed by atoms with van der Waals surface area (Å²) in [6.07, 6.45) is -4.36. The van der Waals surface area contributed by atoms with Gasteiger partial charge in [0, 0.05) is 23.2 Å². The third-order valence-electron chi connectivity index (χ3n) is 2.15. The number of amidine groups is 1. The van der Waals surface area contributed by atoms with Gasteiger partial charge in [-0.3, -0.25) is 0 Å². The minimum Gasteiger partial charge on any atom is -0.398 e. The number of hydrogen-bond donors (Lipinski definition) is 2. The van der Waals surface area contributed by atoms with Crippen molar-refractivity contribution >= 4 is 29.0 Å². The Labute approximate surface area is 123 Å². The van der Waals surface area contributed by atoms with E-state index in [0.717, 1.165) is 12.1 Å². The van der Waals surface area contributed by atoms with Crippen molar-refractivity contribution in [2.75, 3.05) is 18.0 Å². The number of nitrogens with one attached hydrogen (secondary N) is 1. The Hall–Kier alpha value is -1.95. The third-order valence-corrected chi connectivity index (χ3v) is 3.29. The Morgan fingerprint density at radius 1 is 1.48 bits per heavy atom. The van der Waals surface area contributed by atoms with Crippen LogP contribution in [0.5, 0.6) is 0 Å². The van der Waals surface area contributed by atoms with Crippen molar-refractivity contribution < 1.29 is 17.6 Å². The van der Waals surface area contributed by atoms with Gasteiger partial charge in [-0.1, -0.05) is 0 Å². The molecule has 114 valence electrons. The van der Waals surface area contributed by atoms with Gasteiger partial charge in [-0.25, -0.2) is 9.38 Å². The number of nitrogen functional groups attached to an aromatic ring is 1. The largest absolute Gasteiger partial charge is 0.398 e. The van der Waals surface area contributed by atoms with Crippen molar-refractivity contribution in [1.82, 2.24) is 5.32 Å². The smallest absolute Gasteiger partial charge is 0.398 e. The average Bonchev–Trinajstić information content (AvgIpc) is 2.38. The van der Waals surface area contributed by atoms with E-state index in [0.29, 0.717) is 18.3 Å². The Bertz CT molecular complexity index is 578. The summed E-state index contributed by atoms with van der Waals surface area (Å²) in [6.45, 7) is 2.12. The van der Waals surface area contributed by atoms with Crippen LogP contribution in [0.1, 0.15) is 6.92 Å². The van der Waals surface area contributed by atoms with Crippen molar-refractivity contribution in [2.45, 2.75) is 18.0 Å². The minimum absolute atomic E-state index is 0.0567. The number of anilines is 1. The Kier molecular flexibility index (Phi) is 5.84. The molecular formula is C12H12F4N4S. The fourth-order valence-corrected chi connectivity index (χ4v) is 2.06. The fraction of sp³-hybridized carbons (Fsp3) is 0.333. The Morgan fingerprint density at radius 3 is 2.67 bits per heavy atom. The molecule has 0 saturated carbocycles. The van der Waals surface area contributed by atoms with Gasteiger partial charge in [-0.2, -0.15) is 18.4 Å². The summed E-state index contributed by atoms with van der Waals surface area (Å²) in [5, 5.41) is 11.4. The molecule has 0 saturated heterocycles. The van der Waals surface area contributed by atoms with Gasteiger partial charge in [0.15, 0.2) is 5.82 Å². The summed E-state index contributed by atoms with van der Waals surface area (Å²) in [7, 11) is 0. The zero-order valence-electron chi connectivity index (χ0n) is 11.0. The lowest BCUT2D eigenvalue weighted by Crippen LogP contribution is -2.20. The molecule has 0 aromatic heterocycles. The number of nitrogens with zero attached hydrogens (tertiary/aromatic N) is 2. The zero-order chi connectivity index (χ0) is 16.0. The maximum Gasteiger partial charge on any atom is 0.398 e. The molecule has 1 rings (SSSR count). The standard InChI is InChI=1S/C12H12F4N4S/c1-2-19-11(5-17)20-9-4-10(8(18)3-7(9)13)21-6-12(14,15)16/h3-4H,2,6,18H2,1H3,(H,19,20). The van der Waals surface area contributed by atoms with Crippen LogP contribution in [0.2, 0.25) is 0 Å². The maximum absolute atomic E-state index is 13.7. The first kappa shape index (κ1) is 17.1. The summed E-state index contributed by atoms with van der Waals surface area (Å²) in [4.78, 5) is 3.79. The summed E-state index contributed by atoms with van der Waals surface area (Å²) in [5.41, 5.74) is 5.13. The predicted octanol–water partition coefficient (Wildman–Crippen LogP) is 3.23. The summed E-state index contributed by atoms with van der Waals surface area (Å²) < 4.78 is 50.3. The molecule has 0 aliphatic heterocycles. The zero-order valence-corrected chi connectivity index (χ0v) is 11.8. The molecule has 1 aromatic rings. The molecule has 0 aliphatic carbocycles. The third kappa shape index (κ3) is 5.51. The van der Waals surface area contributed by atoms with E-state index < -0.39 is 17.7 Å². The van der Waals surface area contributed by atoms with E-state index in [1.807, 2.05) is 0 Å². The van der Waals surface area contributed by atoms with E-state index in [9.17, 15) is 17.6 Å². The van der Waals surface area contributed by atoms with E-state index in [1.54, 1.807) is 13.0 Å². The quantitative estimate of drug-likeness (QED) is 0.294. The van der Waals surface area contributed by atoms with Crippen LogP contribution >= 0.6 is 11.8 Å². The number of nitrogens with two attached hydrogens (primary N) is 1. The molecule has 3 N–H and O–H groups in total. The van der Waals surface area contributed by atoms with Gasteiger partial charge in [0.2, 0.25) is 5.84 Å². The van der Waals surface area contributed by atoms with Gasteiger partial charge < -0.3 is 11.1 Å². The van der Waals surface area contributed by atoms with E-state index >= 15 is 0 Å². The van der Waals surface area contributed by atoms with E-state index in [2.05, 4.69) is 10.3 Å². The molecule has 0 unspecified atom stereocenters. The highest BCUT2D eigenvalue weighted by Crippen LogP contribution is 2.35. The molecule has 0 amide bonds. The maximum atomic E-state index is 13.7. The molecule has 0 aliphatic rings. The number of hydrogen-bond acceptors (Lipinski definition) is 4. The second-order valence-electron chi connectivity index (χ2n) is 3.85. The first-order chi connectivity index (χ1) is 9.76. The van der Waals surface area contributed by atoms with Crippen LogP contribution in [-0.4, -0.2) is 24.3 Å². The SMILES string of the molecule is CCN/C(C#N)=N/c1cc(SCC(F)(F)F)c(N)cc1F. The highest BCUT2D eigenvalue weighted by molar-refractivity contribution is 7.99. The van der Waals surface area contributed by atoms with Crippen molar-refractivity contribution in [2.24, 2.45) is 4.99 Å². The molecule has 0 heterocycles. The second-order valence-corrected chi connectivity index (χ2v) is 4.87. The number of benzene rings is 1. The van der Waals surface area contributed by atoms with Crippen LogP contribution < -0.4 is 11.1 Å². The lowest BCUT2D eigenvalue weighted by molar-refractivity contribution is -0.105. The molecular weight excluding hydrogens is 308 g/mol. The van der Waals surface area contributed by atoms with Crippen LogP contribution in [0.3, 0.4) is 0 Å². The van der Waals surface area contributed by atoms with Crippen molar-refractivity contribution in [3.8, 4) is 6.07 Å². The number of thioether (sulfide) groups is 1. The number of nitriles is 1. The fourth-order valence-electron chi connectivity index (χ4n) is 1.32. The van der Waals surface area contributed by atoms with Gasteiger partial charge >= 0.3 is 6.18 Å². The van der Waals surface area contributed by atoms with Gasteiger partial charge in [0.1, 0.15) is 11.8 Å². The van der Waals surface area contributed by atoms with Gasteiger partial charge in [-0.05, 0) is 13.0 Å². The molecule has 0 radical (unpaired) electrons. The van der Waals surface area contributed by atoms with Crippen LogP contribution in [0.15, 0.2) is 22.0 Å². The number of halogens is 4. The average molecular weight is 320 g/mol. The summed E-state index contributed by atoms with van der Waals surface area (Å²) >= 11 is 0.436. The molecule has 9 heteroatoms. The molecule has 21 heavy (non-hydrogen) atoms. The van der Waals surface area contributed by atoms with Gasteiger partial charge in [0.25, 0.3) is 0 Å². The molecule has 0 atom stereocenters. The topological polar surface area (TPSA) is 74.2 Å². The van der Waals surface area contributed by atoms with Crippen LogP contribution in [0.4, 0.5) is 28.9 Å². The predicted molar refractivity (Wildman–Crippen MR) is 74.0 cm³/mol. The van der Waals surface area contributed by atoms with Gasteiger partial charge in [0.05, 0.1) is 5.75 Å². The highest BCUT2D eigenvalue weighted by atomic mass is 32.2. The minimum atomic E-state index is -4.36. The lowest BCUT2D eigenvalue weighted by atomic mass is 10.2.